The molecule has 1 aromatic heterocycles. The van der Waals surface area contributed by atoms with Gasteiger partial charge in [-0.15, -0.1) is 11.3 Å². The Morgan fingerprint density at radius 1 is 1.07 bits per heavy atom. The highest BCUT2D eigenvalue weighted by molar-refractivity contribution is 7.10. The van der Waals surface area contributed by atoms with Crippen molar-refractivity contribution in [2.45, 2.75) is 45.1 Å². The molecular weight excluding hydrogens is 598 g/mol. The number of likely N-dealkylation sites (tertiary alicyclic amines) is 1. The topological polar surface area (TPSA) is 159 Å². The molecule has 1 unspecified atom stereocenters. The van der Waals surface area contributed by atoms with Gasteiger partial charge in [-0.1, -0.05) is 42.0 Å². The van der Waals surface area contributed by atoms with E-state index in [1.165, 1.54) is 23.2 Å². The van der Waals surface area contributed by atoms with Gasteiger partial charge in [-0.3, -0.25) is 24.6 Å². The van der Waals surface area contributed by atoms with Crippen LogP contribution < -0.4 is 16.1 Å². The molecule has 2 aromatic carbocycles. The molecule has 2 aliphatic rings. The Balaban J connectivity index is 1.23. The molecule has 3 heterocycles. The zero-order valence-corrected chi connectivity index (χ0v) is 26.0. The second kappa shape index (κ2) is 13.6. The van der Waals surface area contributed by atoms with Crippen LogP contribution in [-0.4, -0.2) is 72.6 Å². The third-order valence-electron chi connectivity index (χ3n) is 7.63. The molecule has 3 aromatic rings. The monoisotopic (exact) mass is 633 g/mol. The van der Waals surface area contributed by atoms with Crippen molar-refractivity contribution >= 4 is 40.9 Å². The molecule has 1 spiro atoms. The van der Waals surface area contributed by atoms with E-state index in [1.807, 2.05) is 37.3 Å². The fourth-order valence-corrected chi connectivity index (χ4v) is 6.17. The van der Waals surface area contributed by atoms with Crippen LogP contribution in [0.5, 0.6) is 0 Å². The molecule has 2 saturated heterocycles. The average Bonchev–Trinajstić information content (AvgIpc) is 3.80. The minimum absolute atomic E-state index is 0.0548. The zero-order valence-electron chi connectivity index (χ0n) is 25.2. The summed E-state index contributed by atoms with van der Waals surface area (Å²) in [6, 6.07) is 15.5. The van der Waals surface area contributed by atoms with Crippen molar-refractivity contribution in [1.82, 2.24) is 21.0 Å². The highest BCUT2D eigenvalue weighted by Gasteiger charge is 2.52. The summed E-state index contributed by atoms with van der Waals surface area (Å²) < 4.78 is 11.7. The van der Waals surface area contributed by atoms with Gasteiger partial charge in [0.1, 0.15) is 6.04 Å². The van der Waals surface area contributed by atoms with Crippen molar-refractivity contribution in [1.29, 1.82) is 5.41 Å². The lowest BCUT2D eigenvalue weighted by Gasteiger charge is -2.25. The van der Waals surface area contributed by atoms with Crippen molar-refractivity contribution in [3.63, 3.8) is 0 Å². The maximum absolute atomic E-state index is 13.5. The molecule has 2 aliphatic heterocycles. The predicted octanol–water partition coefficient (Wildman–Crippen LogP) is 3.07. The highest BCUT2D eigenvalue weighted by atomic mass is 32.1. The van der Waals surface area contributed by atoms with E-state index in [0.717, 1.165) is 21.6 Å². The van der Waals surface area contributed by atoms with Crippen LogP contribution in [0.15, 0.2) is 60.0 Å². The molecular formula is C32H35N5O7S. The first-order valence-electron chi connectivity index (χ1n) is 14.5. The van der Waals surface area contributed by atoms with E-state index in [1.54, 1.807) is 36.6 Å². The van der Waals surface area contributed by atoms with Crippen molar-refractivity contribution in [2.75, 3.05) is 26.3 Å². The molecule has 2 atom stereocenters. The Labute approximate surface area is 264 Å². The number of thiophene rings is 1. The average molecular weight is 634 g/mol. The van der Waals surface area contributed by atoms with Gasteiger partial charge in [0.2, 0.25) is 11.8 Å². The van der Waals surface area contributed by atoms with Crippen molar-refractivity contribution in [3.8, 4) is 11.1 Å². The van der Waals surface area contributed by atoms with Crippen molar-refractivity contribution in [2.24, 2.45) is 0 Å². The fraction of sp³-hybridized carbons (Fsp3) is 0.344. The first-order valence-corrected chi connectivity index (χ1v) is 15.4. The summed E-state index contributed by atoms with van der Waals surface area (Å²) in [6.07, 6.45) is 0.149. The van der Waals surface area contributed by atoms with Gasteiger partial charge in [0.15, 0.2) is 11.6 Å². The third-order valence-corrected chi connectivity index (χ3v) is 8.74. The molecule has 0 saturated carbocycles. The Hall–Kier alpha value is -4.59. The zero-order chi connectivity index (χ0) is 32.1. The number of hydroxylamine groups is 1. The normalized spacial score (nSPS) is 17.5. The fourth-order valence-electron chi connectivity index (χ4n) is 5.26. The van der Waals surface area contributed by atoms with Gasteiger partial charge >= 0.3 is 5.97 Å². The smallest absolute Gasteiger partial charge is 0.329 e. The first kappa shape index (κ1) is 31.8. The van der Waals surface area contributed by atoms with Crippen LogP contribution >= 0.6 is 11.3 Å². The van der Waals surface area contributed by atoms with Gasteiger partial charge in [-0.2, -0.15) is 0 Å². The van der Waals surface area contributed by atoms with Gasteiger partial charge in [0.05, 0.1) is 32.3 Å². The SMILES string of the molecule is CC(=O)ONC(=N)c1csc([C@@H](C)NC(=O)C2CC3(CN2C(=O)CNC(=O)c2cccc(-c4ccc(C)cc4)c2)OCCO3)c1. The lowest BCUT2D eigenvalue weighted by atomic mass is 10.0. The van der Waals surface area contributed by atoms with E-state index < -0.39 is 41.6 Å². The van der Waals surface area contributed by atoms with Crippen LogP contribution in [0.25, 0.3) is 11.1 Å². The molecule has 0 radical (unpaired) electrons. The maximum Gasteiger partial charge on any atom is 0.329 e. The molecule has 0 aliphatic carbocycles. The second-order valence-electron chi connectivity index (χ2n) is 11.0. The van der Waals surface area contributed by atoms with Crippen LogP contribution in [0.3, 0.4) is 0 Å². The molecule has 2 fully saturated rings. The van der Waals surface area contributed by atoms with Crippen LogP contribution in [0.1, 0.15) is 52.7 Å². The van der Waals surface area contributed by atoms with Crippen molar-refractivity contribution < 1.29 is 33.5 Å². The standard InChI is InChI=1S/C32H35N5O7S/c1-19-7-9-22(10-8-19)23-5-4-6-24(13-23)30(40)34-16-28(39)37-18-32(42-11-12-43-32)15-26(37)31(41)35-20(2)27-14-25(17-45-27)29(33)36-44-21(3)38/h4-10,13-14,17,20,26H,11-12,15-16,18H2,1-3H3,(H2,33,36)(H,34,40)(H,35,41)/t20-,26?/m1/s1. The van der Waals surface area contributed by atoms with Gasteiger partial charge in [0, 0.05) is 34.7 Å². The number of hydrogen-bond acceptors (Lipinski definition) is 9. The van der Waals surface area contributed by atoms with Gasteiger partial charge in [-0.25, -0.2) is 5.48 Å². The Morgan fingerprint density at radius 3 is 2.51 bits per heavy atom. The predicted molar refractivity (Wildman–Crippen MR) is 166 cm³/mol. The number of nitrogens with zero attached hydrogens (tertiary/aromatic N) is 1. The van der Waals surface area contributed by atoms with Crippen LogP contribution in [-0.2, 0) is 28.7 Å². The van der Waals surface area contributed by atoms with E-state index >= 15 is 0 Å². The van der Waals surface area contributed by atoms with Crippen LogP contribution in [0, 0.1) is 12.3 Å². The lowest BCUT2D eigenvalue weighted by molar-refractivity contribution is -0.152. The number of aryl methyl sites for hydroxylation is 1. The van der Waals surface area contributed by atoms with Gasteiger partial charge < -0.3 is 29.8 Å². The molecule has 4 N–H and O–H groups in total. The number of carbonyl (C=O) groups is 4. The van der Waals surface area contributed by atoms with E-state index in [2.05, 4.69) is 21.0 Å². The molecule has 3 amide bonds. The minimum atomic E-state index is -1.08. The van der Waals surface area contributed by atoms with Gasteiger partial charge in [0.25, 0.3) is 5.91 Å². The number of nitrogens with one attached hydrogen (secondary N) is 4. The van der Waals surface area contributed by atoms with E-state index in [-0.39, 0.29) is 25.3 Å². The minimum Gasteiger partial charge on any atom is -0.347 e. The molecule has 12 nitrogen and oxygen atoms in total. The number of rotatable bonds is 8. The lowest BCUT2D eigenvalue weighted by Crippen LogP contribution is -2.49. The maximum atomic E-state index is 13.5. The summed E-state index contributed by atoms with van der Waals surface area (Å²) in [5.74, 6) is -3.00. The Kier molecular flexibility index (Phi) is 9.61. The summed E-state index contributed by atoms with van der Waals surface area (Å²) in [6.45, 7) is 5.47. The van der Waals surface area contributed by atoms with E-state index in [4.69, 9.17) is 14.9 Å². The number of amides is 3. The molecule has 45 heavy (non-hydrogen) atoms. The quantitative estimate of drug-likeness (QED) is 0.167. The number of amidine groups is 1. The molecule has 5 rings (SSSR count). The first-order chi connectivity index (χ1) is 21.5. The summed E-state index contributed by atoms with van der Waals surface area (Å²) in [5, 5.41) is 15.4. The Bertz CT molecular complexity index is 1600. The highest BCUT2D eigenvalue weighted by Crippen LogP contribution is 2.35. The summed E-state index contributed by atoms with van der Waals surface area (Å²) in [5.41, 5.74) is 6.17. The molecule has 236 valence electrons. The third kappa shape index (κ3) is 7.56. The molecule has 0 bridgehead atoms. The molecule has 13 heteroatoms. The van der Waals surface area contributed by atoms with E-state index in [9.17, 15) is 19.2 Å². The summed E-state index contributed by atoms with van der Waals surface area (Å²) >= 11 is 1.33. The van der Waals surface area contributed by atoms with Gasteiger partial charge in [-0.05, 0) is 43.2 Å². The summed E-state index contributed by atoms with van der Waals surface area (Å²) in [4.78, 5) is 57.9. The number of hydrogen-bond donors (Lipinski definition) is 4. The van der Waals surface area contributed by atoms with Crippen LogP contribution in [0.2, 0.25) is 0 Å². The van der Waals surface area contributed by atoms with E-state index in [0.29, 0.717) is 24.3 Å². The largest absolute Gasteiger partial charge is 0.347 e. The second-order valence-corrected chi connectivity index (χ2v) is 12.0. The number of ether oxygens (including phenoxy) is 2. The number of benzene rings is 2. The summed E-state index contributed by atoms with van der Waals surface area (Å²) in [7, 11) is 0. The Morgan fingerprint density at radius 2 is 1.80 bits per heavy atom. The van der Waals surface area contributed by atoms with Crippen LogP contribution in [0.4, 0.5) is 0 Å². The van der Waals surface area contributed by atoms with Crippen molar-refractivity contribution in [3.05, 3.63) is 81.5 Å². The number of carbonyl (C=O) groups excluding carboxylic acids is 4.